The van der Waals surface area contributed by atoms with Gasteiger partial charge in [0.2, 0.25) is 0 Å². The van der Waals surface area contributed by atoms with E-state index in [9.17, 15) is 24.6 Å². The molecular weight excluding hydrogens is 624 g/mol. The topological polar surface area (TPSA) is 126 Å². The predicted molar refractivity (Wildman–Crippen MR) is 180 cm³/mol. The molecule has 5 saturated carbocycles. The number of fused-ring (bicyclic) bond motifs is 4. The standard InChI is InChI=1S/C39H60N2O8/c1-21(2)29(49-33(45)40-15-8-16-40)24-17-22(3)28-30(47-24)31(42)37(7)26-10-9-25-35(4,5)27(48-34(46)41-18-23(19-41)32(43)44)11-12-38(25)20-39(26,38)14-13-36(28,37)6/h21-31,42H,8-20H2,1-7H3,(H,43,44)/t22-,24-,25+,26+,27+,28+,29-,30+,31+,36-,37-,38-,39+/m1/s1. The van der Waals surface area contributed by atoms with Gasteiger partial charge in [-0.2, -0.15) is 0 Å². The summed E-state index contributed by atoms with van der Waals surface area (Å²) in [7, 11) is 0. The molecule has 13 atom stereocenters. The highest BCUT2D eigenvalue weighted by molar-refractivity contribution is 5.76. The molecule has 2 spiro atoms. The normalized spacial score (nSPS) is 48.4. The van der Waals surface area contributed by atoms with Crippen LogP contribution in [0.3, 0.4) is 0 Å². The van der Waals surface area contributed by atoms with Gasteiger partial charge in [0.05, 0.1) is 24.2 Å². The van der Waals surface area contributed by atoms with Gasteiger partial charge in [-0.3, -0.25) is 4.79 Å². The number of hydrogen-bond acceptors (Lipinski definition) is 7. The van der Waals surface area contributed by atoms with E-state index in [1.807, 2.05) is 0 Å². The van der Waals surface area contributed by atoms with Crippen molar-refractivity contribution in [2.45, 2.75) is 137 Å². The molecule has 0 aromatic heterocycles. The summed E-state index contributed by atoms with van der Waals surface area (Å²) >= 11 is 0. The van der Waals surface area contributed by atoms with Gasteiger partial charge in [-0.05, 0) is 104 Å². The Labute approximate surface area is 291 Å². The fourth-order valence-electron chi connectivity index (χ4n) is 14.0. The van der Waals surface area contributed by atoms with Crippen LogP contribution in [0.25, 0.3) is 0 Å². The molecule has 3 heterocycles. The number of carboxylic acid groups (broad SMARTS) is 1. The van der Waals surface area contributed by atoms with Crippen LogP contribution in [0.4, 0.5) is 9.59 Å². The van der Waals surface area contributed by atoms with Gasteiger partial charge in [-0.25, -0.2) is 9.59 Å². The molecule has 0 aromatic rings. The van der Waals surface area contributed by atoms with Gasteiger partial charge in [-0.15, -0.1) is 0 Å². The summed E-state index contributed by atoms with van der Waals surface area (Å²) < 4.78 is 19.3. The maximum atomic E-state index is 13.1. The second-order valence-corrected chi connectivity index (χ2v) is 19.3. The van der Waals surface area contributed by atoms with Crippen molar-refractivity contribution in [3.8, 4) is 0 Å². The molecule has 8 aliphatic rings. The van der Waals surface area contributed by atoms with E-state index in [1.165, 1.54) is 17.7 Å². The van der Waals surface area contributed by atoms with Crippen molar-refractivity contribution in [1.82, 2.24) is 9.80 Å². The zero-order valence-corrected chi connectivity index (χ0v) is 30.8. The van der Waals surface area contributed by atoms with E-state index < -0.39 is 18.0 Å². The van der Waals surface area contributed by atoms with E-state index in [2.05, 4.69) is 48.5 Å². The van der Waals surface area contributed by atoms with Crippen LogP contribution < -0.4 is 0 Å². The number of rotatable bonds is 5. The van der Waals surface area contributed by atoms with Gasteiger partial charge in [0.25, 0.3) is 0 Å². The fourth-order valence-corrected chi connectivity index (χ4v) is 14.0. The molecule has 0 radical (unpaired) electrons. The zero-order chi connectivity index (χ0) is 35.1. The van der Waals surface area contributed by atoms with Gasteiger partial charge in [0.15, 0.2) is 0 Å². The number of aliphatic hydroxyl groups excluding tert-OH is 1. The number of amides is 2. The highest BCUT2D eigenvalue weighted by Gasteiger charge is 2.84. The van der Waals surface area contributed by atoms with E-state index >= 15 is 0 Å². The van der Waals surface area contributed by atoms with Crippen LogP contribution in [0.1, 0.15) is 106 Å². The maximum absolute atomic E-state index is 13.1. The van der Waals surface area contributed by atoms with Gasteiger partial charge >= 0.3 is 18.2 Å². The highest BCUT2D eigenvalue weighted by atomic mass is 16.6. The van der Waals surface area contributed by atoms with E-state index in [0.29, 0.717) is 17.8 Å². The first-order valence-electron chi connectivity index (χ1n) is 19.5. The average molecular weight is 685 g/mol. The van der Waals surface area contributed by atoms with Crippen molar-refractivity contribution >= 4 is 18.2 Å². The minimum atomic E-state index is -0.854. The Morgan fingerprint density at radius 2 is 1.57 bits per heavy atom. The highest BCUT2D eigenvalue weighted by Crippen LogP contribution is 2.89. The Balaban J connectivity index is 1.01. The van der Waals surface area contributed by atoms with Crippen LogP contribution in [0, 0.1) is 62.6 Å². The van der Waals surface area contributed by atoms with Crippen LogP contribution in [-0.2, 0) is 19.0 Å². The minimum Gasteiger partial charge on any atom is -0.481 e. The second kappa shape index (κ2) is 11.0. The lowest BCUT2D eigenvalue weighted by Crippen LogP contribution is -2.60. The molecule has 2 amide bonds. The number of aliphatic hydroxyl groups is 1. The summed E-state index contributed by atoms with van der Waals surface area (Å²) in [5.41, 5.74) is -0.136. The number of carbonyl (C=O) groups is 3. The number of nitrogens with zero attached hydrogens (tertiary/aromatic N) is 2. The Kier molecular flexibility index (Phi) is 7.62. The number of hydrogen-bond donors (Lipinski definition) is 2. The lowest BCUT2D eigenvalue weighted by molar-refractivity contribution is -0.186. The smallest absolute Gasteiger partial charge is 0.410 e. The quantitative estimate of drug-likeness (QED) is 0.351. The van der Waals surface area contributed by atoms with Crippen molar-refractivity contribution < 1.29 is 38.8 Å². The molecule has 0 aromatic carbocycles. The number of likely N-dealkylation sites (tertiary alicyclic amines) is 2. The Morgan fingerprint density at radius 3 is 2.20 bits per heavy atom. The molecule has 10 nitrogen and oxygen atoms in total. The van der Waals surface area contributed by atoms with Crippen LogP contribution in [-0.4, -0.2) is 94.9 Å². The molecule has 0 bridgehead atoms. The SMILES string of the molecule is CC(C)[C@@H](OC(=O)N1CCC1)[C@H]1C[C@@H](C)[C@H]2[C@H](O1)[C@H](O)[C@@]1(C)[C@@H]3CC[C@H]4C(C)(C)[C@@H](OC(=O)N5CC(C(=O)O)C5)CC[C@@]45C[C@@]35CC[C@]21C. The third-order valence-electron chi connectivity index (χ3n) is 16.9. The zero-order valence-electron chi connectivity index (χ0n) is 30.8. The molecule has 274 valence electrons. The van der Waals surface area contributed by atoms with E-state index in [4.69, 9.17) is 14.2 Å². The number of carboxylic acids is 1. The van der Waals surface area contributed by atoms with Crippen molar-refractivity contribution in [1.29, 1.82) is 0 Å². The first kappa shape index (κ1) is 34.0. The van der Waals surface area contributed by atoms with E-state index in [-0.39, 0.29) is 88.6 Å². The summed E-state index contributed by atoms with van der Waals surface area (Å²) in [6, 6.07) is 0. The molecule has 3 aliphatic heterocycles. The Hall–Kier alpha value is -2.07. The van der Waals surface area contributed by atoms with Crippen LogP contribution in [0.2, 0.25) is 0 Å². The molecule has 8 fully saturated rings. The lowest BCUT2D eigenvalue weighted by atomic mass is 9.41. The summed E-state index contributed by atoms with van der Waals surface area (Å²) in [5.74, 6) is 0.198. The maximum Gasteiger partial charge on any atom is 0.410 e. The van der Waals surface area contributed by atoms with Crippen molar-refractivity contribution in [2.75, 3.05) is 26.2 Å². The molecule has 10 heteroatoms. The average Bonchev–Trinajstić information content (AvgIpc) is 3.60. The first-order valence-corrected chi connectivity index (χ1v) is 19.5. The molecule has 8 rings (SSSR count). The Morgan fingerprint density at radius 1 is 0.898 bits per heavy atom. The second-order valence-electron chi connectivity index (χ2n) is 19.3. The molecular formula is C39H60N2O8. The fraction of sp³-hybridized carbons (Fsp3) is 0.923. The minimum absolute atomic E-state index is 0.0527. The van der Waals surface area contributed by atoms with Crippen LogP contribution in [0.15, 0.2) is 0 Å². The largest absolute Gasteiger partial charge is 0.481 e. The summed E-state index contributed by atoms with van der Waals surface area (Å²) in [5, 5.41) is 21.9. The monoisotopic (exact) mass is 684 g/mol. The first-order chi connectivity index (χ1) is 23.0. The van der Waals surface area contributed by atoms with E-state index in [0.717, 1.165) is 58.0 Å². The van der Waals surface area contributed by atoms with Gasteiger partial charge in [0.1, 0.15) is 12.2 Å². The molecule has 2 N–H and O–H groups in total. The molecule has 3 saturated heterocycles. The van der Waals surface area contributed by atoms with E-state index in [1.54, 1.807) is 4.90 Å². The molecule has 49 heavy (non-hydrogen) atoms. The van der Waals surface area contributed by atoms with Crippen LogP contribution >= 0.6 is 0 Å². The third kappa shape index (κ3) is 4.40. The van der Waals surface area contributed by atoms with Gasteiger partial charge < -0.3 is 34.2 Å². The van der Waals surface area contributed by atoms with Crippen molar-refractivity contribution in [2.24, 2.45) is 62.6 Å². The van der Waals surface area contributed by atoms with Crippen molar-refractivity contribution in [3.05, 3.63) is 0 Å². The summed E-state index contributed by atoms with van der Waals surface area (Å²) in [6.07, 6.45) is 7.09. The molecule has 5 aliphatic carbocycles. The lowest BCUT2D eigenvalue weighted by Gasteiger charge is -2.63. The van der Waals surface area contributed by atoms with Crippen LogP contribution in [0.5, 0.6) is 0 Å². The number of ether oxygens (including phenoxy) is 3. The van der Waals surface area contributed by atoms with Gasteiger partial charge in [0, 0.05) is 37.0 Å². The third-order valence-corrected chi connectivity index (χ3v) is 16.9. The number of carbonyl (C=O) groups excluding carboxylic acids is 2. The van der Waals surface area contributed by atoms with Gasteiger partial charge in [-0.1, -0.05) is 48.5 Å². The summed E-state index contributed by atoms with van der Waals surface area (Å²) in [6.45, 7) is 18.0. The number of aliphatic carboxylic acids is 1. The molecule has 0 unspecified atom stereocenters. The predicted octanol–water partition coefficient (Wildman–Crippen LogP) is 6.19. The van der Waals surface area contributed by atoms with Crippen molar-refractivity contribution in [3.63, 3.8) is 0 Å². The Bertz CT molecular complexity index is 1390. The summed E-state index contributed by atoms with van der Waals surface area (Å²) in [4.78, 5) is 40.6.